The van der Waals surface area contributed by atoms with Crippen LogP contribution in [-0.2, 0) is 27.2 Å². The van der Waals surface area contributed by atoms with Gasteiger partial charge in [-0.25, -0.2) is 4.79 Å². The van der Waals surface area contributed by atoms with Gasteiger partial charge in [0, 0.05) is 26.3 Å². The van der Waals surface area contributed by atoms with Crippen LogP contribution in [0.3, 0.4) is 0 Å². The fourth-order valence-electron chi connectivity index (χ4n) is 3.10. The Morgan fingerprint density at radius 1 is 1.08 bits per heavy atom. The van der Waals surface area contributed by atoms with Crippen LogP contribution in [0.4, 0.5) is 0 Å². The molecule has 138 valence electrons. The van der Waals surface area contributed by atoms with Gasteiger partial charge < -0.3 is 4.74 Å². The highest BCUT2D eigenvalue weighted by Crippen LogP contribution is 2.13. The fraction of sp³-hybridized carbons (Fsp3) is 0.444. The van der Waals surface area contributed by atoms with Crippen LogP contribution in [0.15, 0.2) is 21.7 Å². The molecule has 3 rings (SSSR count). The first-order valence-corrected chi connectivity index (χ1v) is 8.56. The van der Waals surface area contributed by atoms with E-state index in [4.69, 9.17) is 4.74 Å². The van der Waals surface area contributed by atoms with Crippen LogP contribution in [0, 0.1) is 13.8 Å². The van der Waals surface area contributed by atoms with Crippen LogP contribution in [0.5, 0.6) is 6.01 Å². The van der Waals surface area contributed by atoms with Crippen molar-refractivity contribution in [3.63, 3.8) is 0 Å². The summed E-state index contributed by atoms with van der Waals surface area (Å²) in [7, 11) is 3.17. The molecule has 3 aromatic rings. The van der Waals surface area contributed by atoms with Crippen molar-refractivity contribution in [2.75, 3.05) is 0 Å². The maximum atomic E-state index is 12.7. The van der Waals surface area contributed by atoms with Crippen LogP contribution in [0.25, 0.3) is 11.2 Å². The maximum Gasteiger partial charge on any atom is 0.330 e. The minimum absolute atomic E-state index is 0.166. The van der Waals surface area contributed by atoms with Crippen LogP contribution in [0.1, 0.15) is 30.3 Å². The molecule has 3 aromatic heterocycles. The number of aromatic nitrogens is 5. The highest BCUT2D eigenvalue weighted by Gasteiger charge is 2.19. The molecular formula is C18H23N5O3. The Kier molecular flexibility index (Phi) is 4.67. The third-order valence-electron chi connectivity index (χ3n) is 4.26. The van der Waals surface area contributed by atoms with Crippen LogP contribution >= 0.6 is 0 Å². The molecule has 0 spiro atoms. The van der Waals surface area contributed by atoms with Crippen molar-refractivity contribution >= 4 is 11.2 Å². The van der Waals surface area contributed by atoms with E-state index in [0.29, 0.717) is 12.2 Å². The summed E-state index contributed by atoms with van der Waals surface area (Å²) in [6.07, 6.45) is 0.762. The van der Waals surface area contributed by atoms with Gasteiger partial charge in [0.2, 0.25) is 0 Å². The summed E-state index contributed by atoms with van der Waals surface area (Å²) >= 11 is 0. The van der Waals surface area contributed by atoms with Gasteiger partial charge in [-0.05, 0) is 38.0 Å². The van der Waals surface area contributed by atoms with Gasteiger partial charge in [-0.15, -0.1) is 0 Å². The fourth-order valence-corrected chi connectivity index (χ4v) is 3.10. The van der Waals surface area contributed by atoms with Crippen LogP contribution < -0.4 is 16.0 Å². The van der Waals surface area contributed by atoms with Gasteiger partial charge in [-0.3, -0.25) is 23.5 Å². The summed E-state index contributed by atoms with van der Waals surface area (Å²) in [5, 5.41) is 0. The Morgan fingerprint density at radius 2 is 1.81 bits per heavy atom. The van der Waals surface area contributed by atoms with Gasteiger partial charge in [0.1, 0.15) is 6.61 Å². The Bertz CT molecular complexity index is 1070. The molecule has 0 saturated carbocycles. The molecule has 0 aliphatic heterocycles. The summed E-state index contributed by atoms with van der Waals surface area (Å²) in [5.74, 6) is 0. The number of aryl methyl sites for hydroxylation is 4. The summed E-state index contributed by atoms with van der Waals surface area (Å²) < 4.78 is 9.94. The van der Waals surface area contributed by atoms with Crippen molar-refractivity contribution < 1.29 is 4.74 Å². The summed E-state index contributed by atoms with van der Waals surface area (Å²) in [4.78, 5) is 34.0. The Balaban J connectivity index is 2.06. The molecule has 3 heterocycles. The highest BCUT2D eigenvalue weighted by atomic mass is 16.5. The molecule has 0 bridgehead atoms. The molecule has 8 heteroatoms. The van der Waals surface area contributed by atoms with Gasteiger partial charge in [0.05, 0.1) is 5.69 Å². The molecule has 0 radical (unpaired) electrons. The second-order valence-electron chi connectivity index (χ2n) is 6.49. The zero-order chi connectivity index (χ0) is 19.0. The third kappa shape index (κ3) is 3.02. The molecule has 8 nitrogen and oxygen atoms in total. The lowest BCUT2D eigenvalue weighted by atomic mass is 10.2. The molecular weight excluding hydrogens is 334 g/mol. The number of nitrogens with zero attached hydrogens (tertiary/aromatic N) is 5. The van der Waals surface area contributed by atoms with E-state index in [-0.39, 0.29) is 29.4 Å². The lowest BCUT2D eigenvalue weighted by molar-refractivity contribution is 0.262. The molecule has 0 amide bonds. The van der Waals surface area contributed by atoms with E-state index >= 15 is 0 Å². The zero-order valence-corrected chi connectivity index (χ0v) is 15.7. The van der Waals surface area contributed by atoms with E-state index in [1.165, 1.54) is 13.7 Å². The predicted molar refractivity (Wildman–Crippen MR) is 98.5 cm³/mol. The third-order valence-corrected chi connectivity index (χ3v) is 4.26. The average molecular weight is 357 g/mol. The normalized spacial score (nSPS) is 11.3. The van der Waals surface area contributed by atoms with Gasteiger partial charge >= 0.3 is 11.7 Å². The minimum atomic E-state index is -0.312. The van der Waals surface area contributed by atoms with E-state index in [1.54, 1.807) is 14.1 Å². The van der Waals surface area contributed by atoms with E-state index < -0.39 is 0 Å². The number of rotatable bonds is 5. The number of hydrogen-bond donors (Lipinski definition) is 0. The SMILES string of the molecule is CCCn1c(=O)n(C)c2c(=O)n(C)c(OCc3cc(C)cc(C)n3)nc21. The second-order valence-corrected chi connectivity index (χ2v) is 6.49. The summed E-state index contributed by atoms with van der Waals surface area (Å²) in [6, 6.07) is 4.08. The van der Waals surface area contributed by atoms with E-state index in [2.05, 4.69) is 9.97 Å². The van der Waals surface area contributed by atoms with Gasteiger partial charge in [-0.2, -0.15) is 4.98 Å². The number of ether oxygens (including phenoxy) is 1. The number of hydrogen-bond acceptors (Lipinski definition) is 5. The van der Waals surface area contributed by atoms with E-state index in [0.717, 1.165) is 23.4 Å². The molecule has 0 aliphatic rings. The minimum Gasteiger partial charge on any atom is -0.458 e. The van der Waals surface area contributed by atoms with Crippen molar-refractivity contribution in [1.29, 1.82) is 0 Å². The average Bonchev–Trinajstić information content (AvgIpc) is 2.81. The van der Waals surface area contributed by atoms with Crippen molar-refractivity contribution in [2.45, 2.75) is 40.3 Å². The molecule has 0 aromatic carbocycles. The van der Waals surface area contributed by atoms with Crippen LogP contribution in [0.2, 0.25) is 0 Å². The van der Waals surface area contributed by atoms with Gasteiger partial charge in [0.25, 0.3) is 5.56 Å². The van der Waals surface area contributed by atoms with Crippen molar-refractivity contribution in [3.8, 4) is 6.01 Å². The highest BCUT2D eigenvalue weighted by molar-refractivity contribution is 5.70. The first kappa shape index (κ1) is 17.9. The van der Waals surface area contributed by atoms with Crippen molar-refractivity contribution in [3.05, 3.63) is 49.9 Å². The summed E-state index contributed by atoms with van der Waals surface area (Å²) in [5.41, 5.74) is 2.82. The van der Waals surface area contributed by atoms with Gasteiger partial charge in [0.15, 0.2) is 11.2 Å². The standard InChI is InChI=1S/C18H23N5O3/c1-6-7-23-15-14(21(4)18(23)25)16(24)22(5)17(20-15)26-10-13-9-11(2)8-12(3)19-13/h8-9H,6-7,10H2,1-5H3. The Morgan fingerprint density at radius 3 is 2.46 bits per heavy atom. The quantitative estimate of drug-likeness (QED) is 0.690. The number of fused-ring (bicyclic) bond motifs is 1. The largest absolute Gasteiger partial charge is 0.458 e. The molecule has 0 saturated heterocycles. The molecule has 0 fully saturated rings. The first-order valence-electron chi connectivity index (χ1n) is 8.56. The van der Waals surface area contributed by atoms with Crippen LogP contribution in [-0.4, -0.2) is 23.7 Å². The first-order chi connectivity index (χ1) is 12.3. The zero-order valence-electron chi connectivity index (χ0n) is 15.7. The van der Waals surface area contributed by atoms with Crippen molar-refractivity contribution in [2.24, 2.45) is 14.1 Å². The Labute approximate surface area is 150 Å². The Hall–Kier alpha value is -2.90. The molecule has 0 N–H and O–H groups in total. The van der Waals surface area contributed by atoms with Gasteiger partial charge in [-0.1, -0.05) is 6.92 Å². The van der Waals surface area contributed by atoms with E-state index in [1.807, 2.05) is 32.9 Å². The lowest BCUT2D eigenvalue weighted by Crippen LogP contribution is -2.24. The van der Waals surface area contributed by atoms with E-state index in [9.17, 15) is 9.59 Å². The predicted octanol–water partition coefficient (Wildman–Crippen LogP) is 1.43. The molecule has 26 heavy (non-hydrogen) atoms. The second kappa shape index (κ2) is 6.78. The maximum absolute atomic E-state index is 12.7. The summed E-state index contributed by atoms with van der Waals surface area (Å²) in [6.45, 7) is 6.57. The number of imidazole rings is 1. The molecule has 0 unspecified atom stereocenters. The molecule has 0 aliphatic carbocycles. The molecule has 0 atom stereocenters. The lowest BCUT2D eigenvalue weighted by Gasteiger charge is -2.10. The van der Waals surface area contributed by atoms with Crippen molar-refractivity contribution in [1.82, 2.24) is 23.7 Å². The monoisotopic (exact) mass is 357 g/mol. The topological polar surface area (TPSA) is 83.9 Å². The smallest absolute Gasteiger partial charge is 0.330 e. The number of pyridine rings is 1.